The van der Waals surface area contributed by atoms with E-state index in [2.05, 4.69) is 64.7 Å². The molecule has 0 aliphatic carbocycles. The van der Waals surface area contributed by atoms with Crippen LogP contribution in [0.5, 0.6) is 0 Å². The van der Waals surface area contributed by atoms with Gasteiger partial charge in [0.25, 0.3) is 0 Å². The van der Waals surface area contributed by atoms with E-state index in [0.717, 1.165) is 23.5 Å². The summed E-state index contributed by atoms with van der Waals surface area (Å²) in [5, 5.41) is 7.09. The summed E-state index contributed by atoms with van der Waals surface area (Å²) in [6, 6.07) is 8.66. The Morgan fingerprint density at radius 2 is 2.05 bits per heavy atom. The van der Waals surface area contributed by atoms with E-state index in [9.17, 15) is 0 Å². The number of rotatable bonds is 6. The zero-order valence-electron chi connectivity index (χ0n) is 12.7. The second-order valence-corrected chi connectivity index (χ2v) is 7.47. The highest BCUT2D eigenvalue weighted by Crippen LogP contribution is 2.25. The molecule has 2 N–H and O–H groups in total. The largest absolute Gasteiger partial charge is 0.317 e. The lowest BCUT2D eigenvalue weighted by molar-refractivity contribution is 0.342. The highest BCUT2D eigenvalue weighted by atomic mass is 79.9. The summed E-state index contributed by atoms with van der Waals surface area (Å²) >= 11 is 3.56. The van der Waals surface area contributed by atoms with Crippen molar-refractivity contribution in [2.75, 3.05) is 26.2 Å². The van der Waals surface area contributed by atoms with Gasteiger partial charge in [-0.2, -0.15) is 0 Å². The molecule has 0 unspecified atom stereocenters. The molecule has 1 saturated heterocycles. The molecule has 0 radical (unpaired) electrons. The summed E-state index contributed by atoms with van der Waals surface area (Å²) in [5.41, 5.74) is 1.57. The molecule has 1 aromatic carbocycles. The van der Waals surface area contributed by atoms with Gasteiger partial charge in [-0.1, -0.05) is 41.9 Å². The van der Waals surface area contributed by atoms with Gasteiger partial charge in [0.05, 0.1) is 0 Å². The fourth-order valence-electron chi connectivity index (χ4n) is 2.89. The minimum Gasteiger partial charge on any atom is -0.317 e. The van der Waals surface area contributed by atoms with Crippen molar-refractivity contribution < 1.29 is 0 Å². The maximum Gasteiger partial charge on any atom is 0.0178 e. The minimum atomic E-state index is 0.178. The third-order valence-electron chi connectivity index (χ3n) is 4.36. The van der Waals surface area contributed by atoms with Crippen LogP contribution in [0.4, 0.5) is 0 Å². The monoisotopic (exact) mass is 338 g/mol. The summed E-state index contributed by atoms with van der Waals surface area (Å²) in [6.07, 6.45) is 4.00. The van der Waals surface area contributed by atoms with E-state index in [0.29, 0.717) is 0 Å². The normalized spacial score (nSPS) is 17.4. The van der Waals surface area contributed by atoms with Crippen molar-refractivity contribution in [3.63, 3.8) is 0 Å². The van der Waals surface area contributed by atoms with Gasteiger partial charge in [0.1, 0.15) is 0 Å². The van der Waals surface area contributed by atoms with Crippen LogP contribution < -0.4 is 10.6 Å². The fourth-order valence-corrected chi connectivity index (χ4v) is 3.29. The molecule has 0 amide bonds. The van der Waals surface area contributed by atoms with Crippen molar-refractivity contribution in [2.45, 2.75) is 38.5 Å². The molecule has 20 heavy (non-hydrogen) atoms. The van der Waals surface area contributed by atoms with Gasteiger partial charge in [0.15, 0.2) is 0 Å². The lowest BCUT2D eigenvalue weighted by Gasteiger charge is -2.27. The van der Waals surface area contributed by atoms with Crippen LogP contribution in [-0.4, -0.2) is 26.2 Å². The second-order valence-electron chi connectivity index (χ2n) is 6.55. The molecule has 1 fully saturated rings. The topological polar surface area (TPSA) is 24.1 Å². The minimum absolute atomic E-state index is 0.178. The summed E-state index contributed by atoms with van der Waals surface area (Å²) in [5.74, 6) is 0.915. The first kappa shape index (κ1) is 16.0. The summed E-state index contributed by atoms with van der Waals surface area (Å²) in [4.78, 5) is 0. The van der Waals surface area contributed by atoms with Gasteiger partial charge in [0.2, 0.25) is 0 Å². The van der Waals surface area contributed by atoms with Crippen LogP contribution in [0.2, 0.25) is 0 Å². The Bertz CT molecular complexity index is 411. The van der Waals surface area contributed by atoms with Crippen LogP contribution in [0.3, 0.4) is 0 Å². The van der Waals surface area contributed by atoms with Crippen LogP contribution in [0, 0.1) is 5.92 Å². The van der Waals surface area contributed by atoms with E-state index in [-0.39, 0.29) is 5.41 Å². The third-order valence-corrected chi connectivity index (χ3v) is 4.85. The van der Waals surface area contributed by atoms with Crippen molar-refractivity contribution >= 4 is 15.9 Å². The summed E-state index contributed by atoms with van der Waals surface area (Å²) in [6.45, 7) is 9.21. The Kier molecular flexibility index (Phi) is 6.06. The number of hydrogen-bond donors (Lipinski definition) is 2. The van der Waals surface area contributed by atoms with E-state index >= 15 is 0 Å². The molecule has 1 heterocycles. The second kappa shape index (κ2) is 7.58. The van der Waals surface area contributed by atoms with Crippen molar-refractivity contribution in [3.8, 4) is 0 Å². The van der Waals surface area contributed by atoms with Gasteiger partial charge >= 0.3 is 0 Å². The number of halogens is 1. The summed E-state index contributed by atoms with van der Waals surface area (Å²) < 4.78 is 1.16. The zero-order valence-corrected chi connectivity index (χ0v) is 14.3. The van der Waals surface area contributed by atoms with Crippen LogP contribution >= 0.6 is 15.9 Å². The van der Waals surface area contributed by atoms with Gasteiger partial charge in [-0.15, -0.1) is 0 Å². The molecule has 2 nitrogen and oxygen atoms in total. The Morgan fingerprint density at radius 1 is 1.30 bits per heavy atom. The van der Waals surface area contributed by atoms with Crippen molar-refractivity contribution in [3.05, 3.63) is 34.3 Å². The van der Waals surface area contributed by atoms with Crippen LogP contribution in [-0.2, 0) is 5.41 Å². The molecule has 0 saturated carbocycles. The standard InChI is InChI=1S/C17H27BrN2/c1-17(2,15-4-3-5-16(18)12-15)13-20-11-8-14-6-9-19-10-7-14/h3-5,12,14,19-20H,6-11,13H2,1-2H3. The Hall–Kier alpha value is -0.380. The van der Waals surface area contributed by atoms with Gasteiger partial charge in [0, 0.05) is 16.4 Å². The zero-order chi connectivity index (χ0) is 14.4. The lowest BCUT2D eigenvalue weighted by atomic mass is 9.84. The molecule has 0 bridgehead atoms. The van der Waals surface area contributed by atoms with E-state index in [1.165, 1.54) is 37.9 Å². The number of benzene rings is 1. The highest BCUT2D eigenvalue weighted by molar-refractivity contribution is 9.10. The van der Waals surface area contributed by atoms with Crippen molar-refractivity contribution in [1.82, 2.24) is 10.6 Å². The quantitative estimate of drug-likeness (QED) is 0.772. The van der Waals surface area contributed by atoms with Crippen molar-refractivity contribution in [1.29, 1.82) is 0 Å². The molecule has 112 valence electrons. The summed E-state index contributed by atoms with van der Waals surface area (Å²) in [7, 11) is 0. The molecule has 1 aliphatic heterocycles. The Labute approximate surface area is 131 Å². The average Bonchev–Trinajstić information content (AvgIpc) is 2.45. The number of hydrogen-bond acceptors (Lipinski definition) is 2. The third kappa shape index (κ3) is 4.87. The molecular formula is C17H27BrN2. The smallest absolute Gasteiger partial charge is 0.0178 e. The van der Waals surface area contributed by atoms with Gasteiger partial charge < -0.3 is 10.6 Å². The number of piperidine rings is 1. The van der Waals surface area contributed by atoms with E-state index in [4.69, 9.17) is 0 Å². The van der Waals surface area contributed by atoms with E-state index in [1.807, 2.05) is 0 Å². The molecule has 0 spiro atoms. The molecule has 0 atom stereocenters. The lowest BCUT2D eigenvalue weighted by Crippen LogP contribution is -2.35. The first-order valence-electron chi connectivity index (χ1n) is 7.75. The SMILES string of the molecule is CC(C)(CNCCC1CCNCC1)c1cccc(Br)c1. The first-order valence-corrected chi connectivity index (χ1v) is 8.55. The predicted molar refractivity (Wildman–Crippen MR) is 90.2 cm³/mol. The first-order chi connectivity index (χ1) is 9.58. The van der Waals surface area contributed by atoms with E-state index < -0.39 is 0 Å². The average molecular weight is 339 g/mol. The van der Waals surface area contributed by atoms with E-state index in [1.54, 1.807) is 0 Å². The maximum atomic E-state index is 3.66. The van der Waals surface area contributed by atoms with Gasteiger partial charge in [-0.05, 0) is 62.5 Å². The molecule has 0 aromatic heterocycles. The number of nitrogens with one attached hydrogen (secondary N) is 2. The molecule has 1 aromatic rings. The highest BCUT2D eigenvalue weighted by Gasteiger charge is 2.20. The predicted octanol–water partition coefficient (Wildman–Crippen LogP) is 3.71. The molecule has 2 rings (SSSR count). The fraction of sp³-hybridized carbons (Fsp3) is 0.647. The maximum absolute atomic E-state index is 3.66. The van der Waals surface area contributed by atoms with Gasteiger partial charge in [-0.25, -0.2) is 0 Å². The Balaban J connectivity index is 1.74. The van der Waals surface area contributed by atoms with Crippen LogP contribution in [0.25, 0.3) is 0 Å². The van der Waals surface area contributed by atoms with Crippen LogP contribution in [0.15, 0.2) is 28.7 Å². The molecule has 3 heteroatoms. The Morgan fingerprint density at radius 3 is 2.75 bits per heavy atom. The van der Waals surface area contributed by atoms with Crippen LogP contribution in [0.1, 0.15) is 38.7 Å². The van der Waals surface area contributed by atoms with Gasteiger partial charge in [-0.3, -0.25) is 0 Å². The molecule has 1 aliphatic rings. The van der Waals surface area contributed by atoms with Crippen molar-refractivity contribution in [2.24, 2.45) is 5.92 Å². The molecular weight excluding hydrogens is 312 g/mol.